The summed E-state index contributed by atoms with van der Waals surface area (Å²) in [5.41, 5.74) is 2.19. The Morgan fingerprint density at radius 2 is 2.14 bits per heavy atom. The Kier molecular flexibility index (Phi) is 5.01. The van der Waals surface area contributed by atoms with E-state index in [1.807, 2.05) is 25.1 Å². The van der Waals surface area contributed by atoms with Gasteiger partial charge in [0.25, 0.3) is 0 Å². The van der Waals surface area contributed by atoms with Gasteiger partial charge >= 0.3 is 0 Å². The van der Waals surface area contributed by atoms with E-state index in [1.54, 1.807) is 0 Å². The van der Waals surface area contributed by atoms with E-state index in [4.69, 9.17) is 4.74 Å². The normalized spacial score (nSPS) is 17.7. The lowest BCUT2D eigenvalue weighted by atomic mass is 9.95. The smallest absolute Gasteiger partial charge is 0.128 e. The maximum Gasteiger partial charge on any atom is 0.128 e. The molecule has 1 atom stereocenters. The Morgan fingerprint density at radius 3 is 2.95 bits per heavy atom. The molecule has 1 heterocycles. The van der Waals surface area contributed by atoms with Gasteiger partial charge in [-0.25, -0.2) is 0 Å². The Labute approximate surface area is 131 Å². The van der Waals surface area contributed by atoms with Crippen LogP contribution in [0.3, 0.4) is 0 Å². The van der Waals surface area contributed by atoms with Crippen LogP contribution in [0.4, 0.5) is 0 Å². The van der Waals surface area contributed by atoms with Crippen LogP contribution in [0.25, 0.3) is 10.9 Å². The van der Waals surface area contributed by atoms with E-state index in [1.165, 1.54) is 32.1 Å². The molecule has 0 radical (unpaired) electrons. The Hall–Kier alpha value is -1.52. The summed E-state index contributed by atoms with van der Waals surface area (Å²) in [5, 5.41) is 14.7. The fourth-order valence-electron chi connectivity index (χ4n) is 3.25. The molecule has 22 heavy (non-hydrogen) atoms. The molecule has 2 aromatic rings. The molecule has 4 nitrogen and oxygen atoms in total. The van der Waals surface area contributed by atoms with Crippen molar-refractivity contribution in [2.75, 3.05) is 13.2 Å². The minimum atomic E-state index is -0.475. The Morgan fingerprint density at radius 1 is 1.32 bits per heavy atom. The highest BCUT2D eigenvalue weighted by molar-refractivity contribution is 5.86. The first-order valence-electron chi connectivity index (χ1n) is 8.35. The van der Waals surface area contributed by atoms with E-state index in [-0.39, 0.29) is 0 Å². The van der Waals surface area contributed by atoms with E-state index in [9.17, 15) is 5.11 Å². The minimum Gasteiger partial charge on any atom is -0.490 e. The summed E-state index contributed by atoms with van der Waals surface area (Å²) in [6.07, 6.45) is 5.95. The highest BCUT2D eigenvalue weighted by Crippen LogP contribution is 2.26. The van der Waals surface area contributed by atoms with Crippen LogP contribution in [0.5, 0.6) is 5.75 Å². The molecule has 1 aromatic carbocycles. The van der Waals surface area contributed by atoms with Gasteiger partial charge in [0, 0.05) is 29.2 Å². The summed E-state index contributed by atoms with van der Waals surface area (Å²) < 4.78 is 5.82. The van der Waals surface area contributed by atoms with Crippen molar-refractivity contribution in [3.05, 3.63) is 30.0 Å². The third-order valence-corrected chi connectivity index (χ3v) is 4.44. The summed E-state index contributed by atoms with van der Waals surface area (Å²) in [5.74, 6) is 0.832. The molecule has 0 unspecified atom stereocenters. The van der Waals surface area contributed by atoms with Crippen LogP contribution >= 0.6 is 0 Å². The lowest BCUT2D eigenvalue weighted by molar-refractivity contribution is 0.102. The molecule has 0 bridgehead atoms. The molecule has 1 fully saturated rings. The van der Waals surface area contributed by atoms with Gasteiger partial charge in [0.2, 0.25) is 0 Å². The average Bonchev–Trinajstić information content (AvgIpc) is 2.92. The number of hydrogen-bond donors (Lipinski definition) is 3. The second kappa shape index (κ2) is 7.16. The van der Waals surface area contributed by atoms with Crippen LogP contribution < -0.4 is 10.1 Å². The molecular weight excluding hydrogens is 276 g/mol. The number of nitrogens with one attached hydrogen (secondary N) is 2. The molecule has 3 N–H and O–H groups in total. The number of aromatic nitrogens is 1. The molecule has 0 amide bonds. The number of hydrogen-bond acceptors (Lipinski definition) is 3. The fourth-order valence-corrected chi connectivity index (χ4v) is 3.25. The van der Waals surface area contributed by atoms with Crippen LogP contribution in [0.15, 0.2) is 24.3 Å². The van der Waals surface area contributed by atoms with Crippen LogP contribution in [0.1, 0.15) is 37.8 Å². The van der Waals surface area contributed by atoms with Gasteiger partial charge in [-0.15, -0.1) is 0 Å². The Bertz CT molecular complexity index is 602. The van der Waals surface area contributed by atoms with Gasteiger partial charge in [-0.1, -0.05) is 25.3 Å². The van der Waals surface area contributed by atoms with Crippen molar-refractivity contribution in [2.45, 2.75) is 51.2 Å². The number of aliphatic hydroxyl groups is 1. The summed E-state index contributed by atoms with van der Waals surface area (Å²) in [4.78, 5) is 3.30. The van der Waals surface area contributed by atoms with Crippen molar-refractivity contribution in [2.24, 2.45) is 0 Å². The van der Waals surface area contributed by atoms with Crippen molar-refractivity contribution in [3.8, 4) is 5.75 Å². The fraction of sp³-hybridized carbons (Fsp3) is 0.556. The predicted octanol–water partition coefficient (Wildman–Crippen LogP) is 3.14. The van der Waals surface area contributed by atoms with Gasteiger partial charge < -0.3 is 20.1 Å². The van der Waals surface area contributed by atoms with Crippen molar-refractivity contribution >= 4 is 10.9 Å². The first-order chi connectivity index (χ1) is 10.7. The van der Waals surface area contributed by atoms with Crippen LogP contribution in [-0.2, 0) is 0 Å². The first kappa shape index (κ1) is 15.4. The van der Waals surface area contributed by atoms with Gasteiger partial charge in [0.05, 0.1) is 0 Å². The van der Waals surface area contributed by atoms with Crippen molar-refractivity contribution < 1.29 is 9.84 Å². The predicted molar refractivity (Wildman–Crippen MR) is 89.4 cm³/mol. The van der Waals surface area contributed by atoms with Crippen molar-refractivity contribution in [3.63, 3.8) is 0 Å². The molecule has 0 saturated heterocycles. The molecule has 1 aliphatic rings. The molecule has 4 heteroatoms. The van der Waals surface area contributed by atoms with Crippen LogP contribution in [0, 0.1) is 6.92 Å². The quantitative estimate of drug-likeness (QED) is 0.768. The molecule has 1 aliphatic carbocycles. The largest absolute Gasteiger partial charge is 0.490 e. The second-order valence-corrected chi connectivity index (χ2v) is 6.38. The number of H-pyrrole nitrogens is 1. The zero-order chi connectivity index (χ0) is 15.4. The molecule has 3 rings (SSSR count). The Balaban J connectivity index is 1.50. The highest BCUT2D eigenvalue weighted by Gasteiger charge is 2.15. The first-order valence-corrected chi connectivity index (χ1v) is 8.35. The maximum atomic E-state index is 10.1. The van der Waals surface area contributed by atoms with Gasteiger partial charge in [-0.05, 0) is 38.0 Å². The summed E-state index contributed by atoms with van der Waals surface area (Å²) in [6.45, 7) is 2.96. The standard InChI is InChI=1S/C18H26N2O2/c1-13-10-16-17(20-13)8-5-9-18(16)22-12-15(21)11-19-14-6-3-2-4-7-14/h5,8-10,14-15,19-21H,2-4,6-7,11-12H2,1H3/t15-/m0/s1. The molecule has 1 saturated carbocycles. The maximum absolute atomic E-state index is 10.1. The summed E-state index contributed by atoms with van der Waals surface area (Å²) in [7, 11) is 0. The van der Waals surface area contributed by atoms with Gasteiger partial charge in [-0.3, -0.25) is 0 Å². The molecule has 0 spiro atoms. The number of benzene rings is 1. The van der Waals surface area contributed by atoms with Crippen molar-refractivity contribution in [1.29, 1.82) is 0 Å². The third kappa shape index (κ3) is 3.81. The number of ether oxygens (including phenoxy) is 1. The van der Waals surface area contributed by atoms with E-state index in [0.29, 0.717) is 19.2 Å². The van der Waals surface area contributed by atoms with Gasteiger partial charge in [0.1, 0.15) is 18.5 Å². The molecule has 120 valence electrons. The number of rotatable bonds is 6. The summed E-state index contributed by atoms with van der Waals surface area (Å²) >= 11 is 0. The topological polar surface area (TPSA) is 57.3 Å². The van der Waals surface area contributed by atoms with E-state index < -0.39 is 6.10 Å². The lowest BCUT2D eigenvalue weighted by Gasteiger charge is -2.24. The average molecular weight is 302 g/mol. The number of fused-ring (bicyclic) bond motifs is 1. The zero-order valence-corrected chi connectivity index (χ0v) is 13.3. The number of aliphatic hydroxyl groups excluding tert-OH is 1. The highest BCUT2D eigenvalue weighted by atomic mass is 16.5. The van der Waals surface area contributed by atoms with Gasteiger partial charge in [0.15, 0.2) is 0 Å². The molecule has 1 aromatic heterocycles. The van der Waals surface area contributed by atoms with E-state index >= 15 is 0 Å². The monoisotopic (exact) mass is 302 g/mol. The van der Waals surface area contributed by atoms with Crippen LogP contribution in [-0.4, -0.2) is 35.4 Å². The zero-order valence-electron chi connectivity index (χ0n) is 13.3. The second-order valence-electron chi connectivity index (χ2n) is 6.38. The van der Waals surface area contributed by atoms with Crippen molar-refractivity contribution in [1.82, 2.24) is 10.3 Å². The number of aromatic amines is 1. The lowest BCUT2D eigenvalue weighted by Crippen LogP contribution is -2.38. The minimum absolute atomic E-state index is 0.322. The van der Waals surface area contributed by atoms with Gasteiger partial charge in [-0.2, -0.15) is 0 Å². The number of aryl methyl sites for hydroxylation is 1. The SMILES string of the molecule is Cc1cc2c(OC[C@@H](O)CNC3CCCCC3)cccc2[nH]1. The van der Waals surface area contributed by atoms with E-state index in [0.717, 1.165) is 22.3 Å². The third-order valence-electron chi connectivity index (χ3n) is 4.44. The van der Waals surface area contributed by atoms with E-state index in [2.05, 4.69) is 16.4 Å². The molecular formula is C18H26N2O2. The van der Waals surface area contributed by atoms with Crippen LogP contribution in [0.2, 0.25) is 0 Å². The summed E-state index contributed by atoms with van der Waals surface area (Å²) in [6, 6.07) is 8.62. The molecule has 0 aliphatic heterocycles.